The van der Waals surface area contributed by atoms with Crippen molar-refractivity contribution < 1.29 is 4.79 Å². The molecule has 7 heteroatoms. The highest BCUT2D eigenvalue weighted by atomic mass is 16.2. The minimum absolute atomic E-state index is 0.00431. The minimum atomic E-state index is -0.0981. The number of amides is 1. The summed E-state index contributed by atoms with van der Waals surface area (Å²) in [4.78, 5) is 28.6. The van der Waals surface area contributed by atoms with Gasteiger partial charge in [0.15, 0.2) is 0 Å². The molecule has 2 aliphatic heterocycles. The average molecular weight is 449 g/mol. The Kier molecular flexibility index (Phi) is 6.52. The Hall–Kier alpha value is -2.80. The summed E-state index contributed by atoms with van der Waals surface area (Å²) in [6.07, 6.45) is 9.10. The third kappa shape index (κ3) is 6.16. The van der Waals surface area contributed by atoms with Gasteiger partial charge in [0.2, 0.25) is 11.9 Å². The standard InChI is InChI=1S/C26H36N6O/c1-18-12-21(30-24-27-9-7-10-28-24)14-22(29-18)20-8-6-11-32(17-20)23(33)13-19-15-25(2,3)31-26(4,5)16-19/h7,9-10,12,14-15,20,31H,6,8,11,13,16-17H2,1-5H3,(H,27,28,29,30). The van der Waals surface area contributed by atoms with Gasteiger partial charge in [0.1, 0.15) is 0 Å². The molecule has 1 saturated heterocycles. The second-order valence-electron chi connectivity index (χ2n) is 10.7. The first-order valence-electron chi connectivity index (χ1n) is 11.9. The van der Waals surface area contributed by atoms with Gasteiger partial charge in [0.25, 0.3) is 0 Å². The van der Waals surface area contributed by atoms with Crippen molar-refractivity contribution in [2.45, 2.75) is 77.3 Å². The lowest BCUT2D eigenvalue weighted by atomic mass is 9.82. The van der Waals surface area contributed by atoms with E-state index in [0.717, 1.165) is 49.4 Å². The molecular weight excluding hydrogens is 412 g/mol. The summed E-state index contributed by atoms with van der Waals surface area (Å²) in [5, 5.41) is 6.92. The molecule has 0 spiro atoms. The molecule has 2 aromatic heterocycles. The molecule has 2 aliphatic rings. The molecule has 1 atom stereocenters. The van der Waals surface area contributed by atoms with Crippen molar-refractivity contribution in [1.82, 2.24) is 25.2 Å². The van der Waals surface area contributed by atoms with Gasteiger partial charge in [-0.3, -0.25) is 9.78 Å². The van der Waals surface area contributed by atoms with Crippen LogP contribution in [0.2, 0.25) is 0 Å². The number of carbonyl (C=O) groups is 1. The van der Waals surface area contributed by atoms with Crippen molar-refractivity contribution in [1.29, 1.82) is 0 Å². The van der Waals surface area contributed by atoms with Crippen molar-refractivity contribution in [3.05, 3.63) is 53.6 Å². The van der Waals surface area contributed by atoms with E-state index in [2.05, 4.69) is 60.4 Å². The number of likely N-dealkylation sites (tertiary alicyclic amines) is 1. The van der Waals surface area contributed by atoms with Crippen LogP contribution in [0.25, 0.3) is 0 Å². The second-order valence-corrected chi connectivity index (χ2v) is 10.7. The maximum atomic E-state index is 13.3. The number of hydrogen-bond donors (Lipinski definition) is 2. The van der Waals surface area contributed by atoms with Crippen LogP contribution in [0, 0.1) is 6.92 Å². The fraction of sp³-hybridized carbons (Fsp3) is 0.538. The van der Waals surface area contributed by atoms with Crippen LogP contribution in [0.5, 0.6) is 0 Å². The van der Waals surface area contributed by atoms with E-state index in [-0.39, 0.29) is 22.9 Å². The third-order valence-electron chi connectivity index (χ3n) is 6.26. The third-order valence-corrected chi connectivity index (χ3v) is 6.26. The number of hydrogen-bond acceptors (Lipinski definition) is 6. The zero-order chi connectivity index (χ0) is 23.6. The van der Waals surface area contributed by atoms with Crippen molar-refractivity contribution in [2.75, 3.05) is 18.4 Å². The molecule has 2 N–H and O–H groups in total. The highest BCUT2D eigenvalue weighted by molar-refractivity contribution is 5.79. The van der Waals surface area contributed by atoms with E-state index < -0.39 is 0 Å². The van der Waals surface area contributed by atoms with Crippen LogP contribution < -0.4 is 10.6 Å². The molecule has 1 fully saturated rings. The van der Waals surface area contributed by atoms with Gasteiger partial charge in [0, 0.05) is 66.0 Å². The smallest absolute Gasteiger partial charge is 0.227 e. The molecular formula is C26H36N6O. The summed E-state index contributed by atoms with van der Waals surface area (Å²) in [5.74, 6) is 1.02. The highest BCUT2D eigenvalue weighted by Gasteiger charge is 2.34. The van der Waals surface area contributed by atoms with Crippen LogP contribution in [0.15, 0.2) is 42.2 Å². The van der Waals surface area contributed by atoms with Gasteiger partial charge in [-0.15, -0.1) is 0 Å². The van der Waals surface area contributed by atoms with Gasteiger partial charge >= 0.3 is 0 Å². The number of nitrogens with one attached hydrogen (secondary N) is 2. The maximum absolute atomic E-state index is 13.3. The van der Waals surface area contributed by atoms with Crippen molar-refractivity contribution >= 4 is 17.5 Å². The Morgan fingerprint density at radius 2 is 1.97 bits per heavy atom. The zero-order valence-corrected chi connectivity index (χ0v) is 20.5. The first-order chi connectivity index (χ1) is 15.6. The van der Waals surface area contributed by atoms with Crippen LogP contribution in [0.1, 0.15) is 70.7 Å². The molecule has 176 valence electrons. The minimum Gasteiger partial charge on any atom is -0.342 e. The maximum Gasteiger partial charge on any atom is 0.227 e. The normalized spacial score (nSPS) is 21.9. The first-order valence-corrected chi connectivity index (χ1v) is 11.9. The van der Waals surface area contributed by atoms with E-state index in [1.807, 2.05) is 17.9 Å². The van der Waals surface area contributed by atoms with E-state index in [1.165, 1.54) is 5.57 Å². The highest BCUT2D eigenvalue weighted by Crippen LogP contribution is 2.32. The molecule has 2 aromatic rings. The van der Waals surface area contributed by atoms with Gasteiger partial charge in [-0.1, -0.05) is 11.6 Å². The fourth-order valence-electron chi connectivity index (χ4n) is 5.41. The lowest BCUT2D eigenvalue weighted by Crippen LogP contribution is -2.54. The molecule has 0 radical (unpaired) electrons. The summed E-state index contributed by atoms with van der Waals surface area (Å²) < 4.78 is 0. The molecule has 0 bridgehead atoms. The molecule has 1 amide bonds. The first kappa shape index (κ1) is 23.4. The van der Waals surface area contributed by atoms with E-state index in [9.17, 15) is 4.79 Å². The van der Waals surface area contributed by atoms with Crippen LogP contribution in [-0.4, -0.2) is 49.9 Å². The van der Waals surface area contributed by atoms with Crippen LogP contribution in [-0.2, 0) is 4.79 Å². The largest absolute Gasteiger partial charge is 0.342 e. The number of nitrogens with zero attached hydrogens (tertiary/aromatic N) is 4. The average Bonchev–Trinajstić information content (AvgIpc) is 2.72. The molecule has 7 nitrogen and oxygen atoms in total. The Morgan fingerprint density at radius 1 is 1.21 bits per heavy atom. The lowest BCUT2D eigenvalue weighted by molar-refractivity contribution is -0.131. The Morgan fingerprint density at radius 3 is 2.70 bits per heavy atom. The van der Waals surface area contributed by atoms with Crippen LogP contribution in [0.4, 0.5) is 11.6 Å². The van der Waals surface area contributed by atoms with Crippen molar-refractivity contribution in [3.8, 4) is 0 Å². The summed E-state index contributed by atoms with van der Waals surface area (Å²) in [5.41, 5.74) is 4.03. The summed E-state index contributed by atoms with van der Waals surface area (Å²) in [7, 11) is 0. The quantitative estimate of drug-likeness (QED) is 0.656. The van der Waals surface area contributed by atoms with E-state index in [1.54, 1.807) is 18.5 Å². The van der Waals surface area contributed by atoms with Gasteiger partial charge < -0.3 is 15.5 Å². The number of rotatable bonds is 5. The summed E-state index contributed by atoms with van der Waals surface area (Å²) in [6.45, 7) is 12.3. The molecule has 4 heterocycles. The van der Waals surface area contributed by atoms with Gasteiger partial charge in [-0.2, -0.15) is 0 Å². The number of anilines is 2. The second kappa shape index (κ2) is 9.21. The summed E-state index contributed by atoms with van der Waals surface area (Å²) in [6, 6.07) is 5.87. The van der Waals surface area contributed by atoms with Gasteiger partial charge in [0.05, 0.1) is 0 Å². The van der Waals surface area contributed by atoms with Crippen LogP contribution >= 0.6 is 0 Å². The van der Waals surface area contributed by atoms with Crippen LogP contribution in [0.3, 0.4) is 0 Å². The fourth-order valence-corrected chi connectivity index (χ4v) is 5.41. The zero-order valence-electron chi connectivity index (χ0n) is 20.5. The number of pyridine rings is 1. The van der Waals surface area contributed by atoms with Gasteiger partial charge in [-0.25, -0.2) is 9.97 Å². The van der Waals surface area contributed by atoms with E-state index >= 15 is 0 Å². The lowest BCUT2D eigenvalue weighted by Gasteiger charge is -2.41. The topological polar surface area (TPSA) is 83.0 Å². The molecule has 0 saturated carbocycles. The van der Waals surface area contributed by atoms with E-state index in [4.69, 9.17) is 4.98 Å². The number of aromatic nitrogens is 3. The number of piperidine rings is 1. The monoisotopic (exact) mass is 448 g/mol. The Labute approximate surface area is 197 Å². The van der Waals surface area contributed by atoms with Crippen molar-refractivity contribution in [2.24, 2.45) is 0 Å². The Bertz CT molecular complexity index is 1030. The molecule has 33 heavy (non-hydrogen) atoms. The Balaban J connectivity index is 1.45. The van der Waals surface area contributed by atoms with E-state index in [0.29, 0.717) is 12.4 Å². The summed E-state index contributed by atoms with van der Waals surface area (Å²) >= 11 is 0. The predicted molar refractivity (Wildman–Crippen MR) is 131 cm³/mol. The number of aryl methyl sites for hydroxylation is 1. The molecule has 0 aliphatic carbocycles. The SMILES string of the molecule is Cc1cc(Nc2ncccn2)cc(C2CCCN(C(=O)CC3=CC(C)(C)NC(C)(C)C3)C2)n1. The predicted octanol–water partition coefficient (Wildman–Crippen LogP) is 4.50. The van der Waals surface area contributed by atoms with Crippen molar-refractivity contribution in [3.63, 3.8) is 0 Å². The molecule has 1 unspecified atom stereocenters. The number of carbonyl (C=O) groups excluding carboxylic acids is 1. The molecule has 4 rings (SSSR count). The molecule has 0 aromatic carbocycles. The van der Waals surface area contributed by atoms with Gasteiger partial charge in [-0.05, 0) is 72.1 Å².